The quantitative estimate of drug-likeness (QED) is 0.754. The zero-order chi connectivity index (χ0) is 13.8. The van der Waals surface area contributed by atoms with Crippen molar-refractivity contribution in [3.8, 4) is 0 Å². The summed E-state index contributed by atoms with van der Waals surface area (Å²) in [6.07, 6.45) is 2.40. The Kier molecular flexibility index (Phi) is 4.00. The molecule has 8 heteroatoms. The SMILES string of the molecule is Cc1cc(C(N)=S)nc(NCCc2nncn2C)n1. The number of hydrogen-bond acceptors (Lipinski definition) is 6. The summed E-state index contributed by atoms with van der Waals surface area (Å²) in [6, 6.07) is 1.76. The van der Waals surface area contributed by atoms with Crippen LogP contribution in [0.5, 0.6) is 0 Å². The molecule has 0 fully saturated rings. The Hall–Kier alpha value is -2.09. The van der Waals surface area contributed by atoms with Crippen LogP contribution < -0.4 is 11.1 Å². The highest BCUT2D eigenvalue weighted by Gasteiger charge is 2.05. The zero-order valence-corrected chi connectivity index (χ0v) is 11.6. The van der Waals surface area contributed by atoms with E-state index in [1.807, 2.05) is 18.5 Å². The lowest BCUT2D eigenvalue weighted by molar-refractivity contribution is 0.785. The molecule has 0 aliphatic rings. The van der Waals surface area contributed by atoms with E-state index in [2.05, 4.69) is 25.5 Å². The largest absolute Gasteiger partial charge is 0.388 e. The molecule has 2 aromatic rings. The number of aryl methyl sites for hydroxylation is 2. The molecule has 19 heavy (non-hydrogen) atoms. The van der Waals surface area contributed by atoms with E-state index in [1.54, 1.807) is 12.4 Å². The summed E-state index contributed by atoms with van der Waals surface area (Å²) in [5.74, 6) is 1.42. The number of thiocarbonyl (C=S) groups is 1. The van der Waals surface area contributed by atoms with Gasteiger partial charge in [-0.2, -0.15) is 0 Å². The van der Waals surface area contributed by atoms with Crippen LogP contribution in [0.4, 0.5) is 5.95 Å². The Balaban J connectivity index is 2.00. The van der Waals surface area contributed by atoms with Gasteiger partial charge in [-0.25, -0.2) is 9.97 Å². The topological polar surface area (TPSA) is 94.5 Å². The average Bonchev–Trinajstić information content (AvgIpc) is 2.74. The molecule has 2 aromatic heterocycles. The Morgan fingerprint density at radius 2 is 2.26 bits per heavy atom. The average molecular weight is 277 g/mol. The molecule has 100 valence electrons. The molecule has 3 N–H and O–H groups in total. The van der Waals surface area contributed by atoms with E-state index in [4.69, 9.17) is 18.0 Å². The van der Waals surface area contributed by atoms with Crippen LogP contribution in [0.25, 0.3) is 0 Å². The van der Waals surface area contributed by atoms with Crippen molar-refractivity contribution < 1.29 is 0 Å². The molecule has 0 aliphatic heterocycles. The summed E-state index contributed by atoms with van der Waals surface area (Å²) >= 11 is 4.91. The Labute approximate surface area is 116 Å². The van der Waals surface area contributed by atoms with Crippen LogP contribution in [0.3, 0.4) is 0 Å². The molecule has 0 atom stereocenters. The van der Waals surface area contributed by atoms with Crippen molar-refractivity contribution in [1.29, 1.82) is 0 Å². The molecular formula is C11H15N7S. The second-order valence-corrected chi connectivity index (χ2v) is 4.56. The lowest BCUT2D eigenvalue weighted by Gasteiger charge is -2.07. The van der Waals surface area contributed by atoms with Crippen molar-refractivity contribution in [2.45, 2.75) is 13.3 Å². The van der Waals surface area contributed by atoms with Crippen LogP contribution in [0, 0.1) is 6.92 Å². The van der Waals surface area contributed by atoms with Gasteiger partial charge in [-0.05, 0) is 13.0 Å². The smallest absolute Gasteiger partial charge is 0.223 e. The van der Waals surface area contributed by atoms with Gasteiger partial charge in [0.1, 0.15) is 22.8 Å². The van der Waals surface area contributed by atoms with E-state index < -0.39 is 0 Å². The predicted molar refractivity (Wildman–Crippen MR) is 75.9 cm³/mol. The summed E-state index contributed by atoms with van der Waals surface area (Å²) in [5.41, 5.74) is 6.96. The number of nitrogens with zero attached hydrogens (tertiary/aromatic N) is 5. The van der Waals surface area contributed by atoms with Crippen LogP contribution in [0.1, 0.15) is 17.2 Å². The molecule has 0 bridgehead atoms. The highest BCUT2D eigenvalue weighted by atomic mass is 32.1. The van der Waals surface area contributed by atoms with Crippen LogP contribution in [-0.2, 0) is 13.5 Å². The number of anilines is 1. The first kappa shape index (κ1) is 13.3. The minimum atomic E-state index is 0.266. The Morgan fingerprint density at radius 1 is 1.47 bits per heavy atom. The highest BCUT2D eigenvalue weighted by molar-refractivity contribution is 7.80. The normalized spacial score (nSPS) is 10.4. The molecule has 0 aromatic carbocycles. The fourth-order valence-corrected chi connectivity index (χ4v) is 1.70. The van der Waals surface area contributed by atoms with Gasteiger partial charge in [0.05, 0.1) is 0 Å². The molecule has 0 aliphatic carbocycles. The Morgan fingerprint density at radius 3 is 2.89 bits per heavy atom. The van der Waals surface area contributed by atoms with Crippen LogP contribution >= 0.6 is 12.2 Å². The van der Waals surface area contributed by atoms with E-state index in [0.717, 1.165) is 17.9 Å². The van der Waals surface area contributed by atoms with Crippen LogP contribution in [-0.4, -0.2) is 36.3 Å². The van der Waals surface area contributed by atoms with E-state index in [9.17, 15) is 0 Å². The molecular weight excluding hydrogens is 262 g/mol. The lowest BCUT2D eigenvalue weighted by atomic mass is 10.3. The summed E-state index contributed by atoms with van der Waals surface area (Å²) in [5, 5.41) is 10.9. The van der Waals surface area contributed by atoms with Crippen molar-refractivity contribution in [2.75, 3.05) is 11.9 Å². The van der Waals surface area contributed by atoms with Gasteiger partial charge in [0, 0.05) is 25.7 Å². The molecule has 0 spiro atoms. The fourth-order valence-electron chi connectivity index (χ4n) is 1.59. The van der Waals surface area contributed by atoms with Gasteiger partial charge in [-0.3, -0.25) is 0 Å². The molecule has 2 heterocycles. The molecule has 7 nitrogen and oxygen atoms in total. The number of nitrogens with one attached hydrogen (secondary N) is 1. The summed E-state index contributed by atoms with van der Waals surface area (Å²) in [6.45, 7) is 2.53. The van der Waals surface area contributed by atoms with Crippen molar-refractivity contribution in [3.05, 3.63) is 29.6 Å². The second kappa shape index (κ2) is 5.70. The highest BCUT2D eigenvalue weighted by Crippen LogP contribution is 2.05. The number of hydrogen-bond donors (Lipinski definition) is 2. The zero-order valence-electron chi connectivity index (χ0n) is 10.8. The van der Waals surface area contributed by atoms with Crippen molar-refractivity contribution in [3.63, 3.8) is 0 Å². The first-order valence-corrected chi connectivity index (χ1v) is 6.19. The maximum Gasteiger partial charge on any atom is 0.223 e. The standard InChI is InChI=1S/C11H15N7S/c1-7-5-8(10(12)19)16-11(15-7)13-4-3-9-17-14-6-18(9)2/h5-6H,3-4H2,1-2H3,(H2,12,19)(H,13,15,16). The first-order chi connectivity index (χ1) is 9.06. The number of nitrogens with two attached hydrogens (primary N) is 1. The fraction of sp³-hybridized carbons (Fsp3) is 0.364. The summed E-state index contributed by atoms with van der Waals surface area (Å²) in [4.78, 5) is 8.79. The lowest BCUT2D eigenvalue weighted by Crippen LogP contribution is -2.16. The van der Waals surface area contributed by atoms with E-state index >= 15 is 0 Å². The van der Waals surface area contributed by atoms with Crippen LogP contribution in [0.15, 0.2) is 12.4 Å². The van der Waals surface area contributed by atoms with E-state index in [1.165, 1.54) is 0 Å². The minimum absolute atomic E-state index is 0.266. The van der Waals surface area contributed by atoms with Crippen molar-refractivity contribution >= 4 is 23.2 Å². The van der Waals surface area contributed by atoms with Crippen molar-refractivity contribution in [1.82, 2.24) is 24.7 Å². The number of aromatic nitrogens is 5. The third-order valence-electron chi connectivity index (χ3n) is 2.54. The van der Waals surface area contributed by atoms with Crippen molar-refractivity contribution in [2.24, 2.45) is 12.8 Å². The van der Waals surface area contributed by atoms with Gasteiger partial charge >= 0.3 is 0 Å². The molecule has 0 saturated heterocycles. The molecule has 0 amide bonds. The van der Waals surface area contributed by atoms with Gasteiger partial charge in [0.25, 0.3) is 0 Å². The van der Waals surface area contributed by atoms with Gasteiger partial charge in [0.15, 0.2) is 0 Å². The first-order valence-electron chi connectivity index (χ1n) is 5.78. The molecule has 2 rings (SSSR count). The number of rotatable bonds is 5. The maximum atomic E-state index is 5.57. The van der Waals surface area contributed by atoms with Gasteiger partial charge in [-0.1, -0.05) is 12.2 Å². The minimum Gasteiger partial charge on any atom is -0.388 e. The van der Waals surface area contributed by atoms with Crippen LogP contribution in [0.2, 0.25) is 0 Å². The van der Waals surface area contributed by atoms with E-state index in [0.29, 0.717) is 18.2 Å². The third kappa shape index (κ3) is 3.44. The predicted octanol–water partition coefficient (Wildman–Crippen LogP) is 0.202. The maximum absolute atomic E-state index is 5.57. The molecule has 0 saturated carbocycles. The second-order valence-electron chi connectivity index (χ2n) is 4.12. The monoisotopic (exact) mass is 277 g/mol. The molecule has 0 unspecified atom stereocenters. The summed E-state index contributed by atoms with van der Waals surface area (Å²) < 4.78 is 1.87. The van der Waals surface area contributed by atoms with E-state index in [-0.39, 0.29) is 4.99 Å². The summed E-state index contributed by atoms with van der Waals surface area (Å²) in [7, 11) is 1.91. The molecule has 0 radical (unpaired) electrons. The van der Waals surface area contributed by atoms with Gasteiger partial charge in [0.2, 0.25) is 5.95 Å². The third-order valence-corrected chi connectivity index (χ3v) is 2.75. The van der Waals surface area contributed by atoms with Gasteiger partial charge < -0.3 is 15.6 Å². The Bertz CT molecular complexity index is 592. The van der Waals surface area contributed by atoms with Gasteiger partial charge in [-0.15, -0.1) is 10.2 Å².